The van der Waals surface area contributed by atoms with E-state index in [-0.39, 0.29) is 0 Å². The van der Waals surface area contributed by atoms with Crippen molar-refractivity contribution in [2.24, 2.45) is 0 Å². The molecule has 3 aromatic rings. The Hall–Kier alpha value is -2.18. The van der Waals surface area contributed by atoms with Gasteiger partial charge in [-0.15, -0.1) is 10.2 Å². The molecule has 0 aliphatic rings. The van der Waals surface area contributed by atoms with Crippen molar-refractivity contribution in [1.29, 1.82) is 0 Å². The molecule has 0 aliphatic carbocycles. The number of methoxy groups -OCH3 is 1. The van der Waals surface area contributed by atoms with Crippen molar-refractivity contribution in [1.82, 2.24) is 19.7 Å². The first kappa shape index (κ1) is 15.7. The van der Waals surface area contributed by atoms with E-state index in [1.165, 1.54) is 0 Å². The molecule has 0 fully saturated rings. The maximum Gasteiger partial charge on any atom is 0.152 e. The Morgan fingerprint density at radius 1 is 1.30 bits per heavy atom. The van der Waals surface area contributed by atoms with Gasteiger partial charge < -0.3 is 14.6 Å². The van der Waals surface area contributed by atoms with Crippen LogP contribution >= 0.6 is 11.6 Å². The summed E-state index contributed by atoms with van der Waals surface area (Å²) < 4.78 is 7.11. The molecule has 3 rings (SSSR count). The Bertz CT molecular complexity index is 789. The lowest BCUT2D eigenvalue weighted by Gasteiger charge is -2.10. The zero-order valence-corrected chi connectivity index (χ0v) is 13.6. The number of aryl methyl sites for hydroxylation is 1. The number of hydrogen-bond donors (Lipinski definition) is 1. The summed E-state index contributed by atoms with van der Waals surface area (Å²) in [5.41, 5.74) is 1.88. The minimum Gasteiger partial charge on any atom is -0.385 e. The predicted molar refractivity (Wildman–Crippen MR) is 90.6 cm³/mol. The predicted octanol–water partition coefficient (Wildman–Crippen LogP) is 3.13. The summed E-state index contributed by atoms with van der Waals surface area (Å²) in [6, 6.07) is 7.60. The molecule has 1 aromatic carbocycles. The van der Waals surface area contributed by atoms with Gasteiger partial charge in [-0.1, -0.05) is 11.6 Å². The van der Waals surface area contributed by atoms with Crippen LogP contribution in [0.4, 0.5) is 5.69 Å². The molecule has 0 amide bonds. The summed E-state index contributed by atoms with van der Waals surface area (Å²) in [6.07, 6.45) is 4.45. The second-order valence-corrected chi connectivity index (χ2v) is 5.60. The van der Waals surface area contributed by atoms with Gasteiger partial charge in [-0.25, -0.2) is 0 Å². The summed E-state index contributed by atoms with van der Waals surface area (Å²) in [4.78, 5) is 4.35. The number of halogens is 1. The van der Waals surface area contributed by atoms with Gasteiger partial charge in [0.1, 0.15) is 6.33 Å². The number of pyridine rings is 1. The van der Waals surface area contributed by atoms with Crippen molar-refractivity contribution in [2.45, 2.75) is 19.5 Å². The quantitative estimate of drug-likeness (QED) is 0.674. The van der Waals surface area contributed by atoms with E-state index in [0.29, 0.717) is 11.6 Å². The van der Waals surface area contributed by atoms with Crippen molar-refractivity contribution < 1.29 is 4.74 Å². The third-order valence-electron chi connectivity index (χ3n) is 3.58. The lowest BCUT2D eigenvalue weighted by atomic mass is 10.2. The zero-order chi connectivity index (χ0) is 16.1. The van der Waals surface area contributed by atoms with Crippen molar-refractivity contribution in [2.75, 3.05) is 19.0 Å². The minimum absolute atomic E-state index is 0.582. The smallest absolute Gasteiger partial charge is 0.152 e. The first-order chi connectivity index (χ1) is 11.3. The SMILES string of the molecule is COCCCn1cnnc1CNc1ccnc2ccc(Cl)cc12. The van der Waals surface area contributed by atoms with Gasteiger partial charge in [0.2, 0.25) is 0 Å². The van der Waals surface area contributed by atoms with Crippen LogP contribution in [-0.4, -0.2) is 33.5 Å². The van der Waals surface area contributed by atoms with Gasteiger partial charge in [0.15, 0.2) is 5.82 Å². The highest BCUT2D eigenvalue weighted by atomic mass is 35.5. The Morgan fingerprint density at radius 2 is 2.22 bits per heavy atom. The summed E-state index contributed by atoms with van der Waals surface area (Å²) in [6.45, 7) is 2.14. The maximum atomic E-state index is 6.09. The van der Waals surface area contributed by atoms with E-state index in [2.05, 4.69) is 20.5 Å². The standard InChI is InChI=1S/C16H18ClN5O/c1-23-8-2-7-22-11-20-21-16(22)10-19-15-5-6-18-14-4-3-12(17)9-13(14)15/h3-6,9,11H,2,7-8,10H2,1H3,(H,18,19). The molecule has 0 saturated carbocycles. The van der Waals surface area contributed by atoms with Crippen LogP contribution in [0.5, 0.6) is 0 Å². The van der Waals surface area contributed by atoms with E-state index < -0.39 is 0 Å². The molecule has 2 heterocycles. The number of ether oxygens (including phenoxy) is 1. The van der Waals surface area contributed by atoms with E-state index >= 15 is 0 Å². The van der Waals surface area contributed by atoms with Gasteiger partial charge in [0.25, 0.3) is 0 Å². The number of hydrogen-bond acceptors (Lipinski definition) is 5. The molecule has 0 saturated heterocycles. The first-order valence-corrected chi connectivity index (χ1v) is 7.79. The van der Waals surface area contributed by atoms with Gasteiger partial charge >= 0.3 is 0 Å². The number of anilines is 1. The van der Waals surface area contributed by atoms with Crippen molar-refractivity contribution in [3.05, 3.63) is 47.6 Å². The number of fused-ring (bicyclic) bond motifs is 1. The van der Waals surface area contributed by atoms with Crippen LogP contribution in [0, 0.1) is 0 Å². The molecule has 0 unspecified atom stereocenters. The first-order valence-electron chi connectivity index (χ1n) is 7.41. The van der Waals surface area contributed by atoms with Crippen LogP contribution in [0.25, 0.3) is 10.9 Å². The largest absolute Gasteiger partial charge is 0.385 e. The van der Waals surface area contributed by atoms with Crippen molar-refractivity contribution in [3.63, 3.8) is 0 Å². The number of nitrogens with one attached hydrogen (secondary N) is 1. The van der Waals surface area contributed by atoms with Gasteiger partial charge in [-0.3, -0.25) is 4.98 Å². The Kier molecular flexibility index (Phi) is 5.05. The molecule has 0 radical (unpaired) electrons. The molecule has 23 heavy (non-hydrogen) atoms. The number of aromatic nitrogens is 4. The van der Waals surface area contributed by atoms with E-state index in [1.807, 2.05) is 28.8 Å². The van der Waals surface area contributed by atoms with Crippen LogP contribution in [-0.2, 0) is 17.8 Å². The summed E-state index contributed by atoms with van der Waals surface area (Å²) in [5, 5.41) is 13.2. The number of benzene rings is 1. The van der Waals surface area contributed by atoms with Crippen LogP contribution < -0.4 is 5.32 Å². The lowest BCUT2D eigenvalue weighted by Crippen LogP contribution is -2.10. The highest BCUT2D eigenvalue weighted by Gasteiger charge is 2.06. The third-order valence-corrected chi connectivity index (χ3v) is 3.82. The minimum atomic E-state index is 0.582. The Labute approximate surface area is 139 Å². The van der Waals surface area contributed by atoms with Crippen LogP contribution in [0.3, 0.4) is 0 Å². The normalized spacial score (nSPS) is 11.0. The number of rotatable bonds is 7. The molecule has 7 heteroatoms. The average molecular weight is 332 g/mol. The fourth-order valence-electron chi connectivity index (χ4n) is 2.43. The zero-order valence-electron chi connectivity index (χ0n) is 12.9. The molecular formula is C16H18ClN5O. The van der Waals surface area contributed by atoms with Gasteiger partial charge in [-0.2, -0.15) is 0 Å². The van der Waals surface area contributed by atoms with Gasteiger partial charge in [-0.05, 0) is 30.7 Å². The molecule has 0 aliphatic heterocycles. The molecule has 120 valence electrons. The Balaban J connectivity index is 1.74. The average Bonchev–Trinajstić information content (AvgIpc) is 3.00. The summed E-state index contributed by atoms with van der Waals surface area (Å²) in [5.74, 6) is 0.882. The second-order valence-electron chi connectivity index (χ2n) is 5.16. The van der Waals surface area contributed by atoms with Crippen molar-refractivity contribution >= 4 is 28.2 Å². The van der Waals surface area contributed by atoms with Crippen LogP contribution in [0.15, 0.2) is 36.8 Å². The lowest BCUT2D eigenvalue weighted by molar-refractivity contribution is 0.190. The van der Waals surface area contributed by atoms with E-state index in [4.69, 9.17) is 16.3 Å². The van der Waals surface area contributed by atoms with Gasteiger partial charge in [0, 0.05) is 42.6 Å². The number of nitrogens with zero attached hydrogens (tertiary/aromatic N) is 4. The molecule has 0 bridgehead atoms. The topological polar surface area (TPSA) is 64.9 Å². The molecule has 0 atom stereocenters. The van der Waals surface area contributed by atoms with Gasteiger partial charge in [0.05, 0.1) is 12.1 Å². The second kappa shape index (κ2) is 7.39. The van der Waals surface area contributed by atoms with Crippen LogP contribution in [0.2, 0.25) is 5.02 Å². The van der Waals surface area contributed by atoms with Crippen LogP contribution in [0.1, 0.15) is 12.2 Å². The fourth-order valence-corrected chi connectivity index (χ4v) is 2.60. The summed E-state index contributed by atoms with van der Waals surface area (Å²) >= 11 is 6.09. The molecule has 1 N–H and O–H groups in total. The van der Waals surface area contributed by atoms with Crippen molar-refractivity contribution in [3.8, 4) is 0 Å². The molecule has 6 nitrogen and oxygen atoms in total. The highest BCUT2D eigenvalue weighted by Crippen LogP contribution is 2.25. The third kappa shape index (κ3) is 3.78. The Morgan fingerprint density at radius 3 is 3.09 bits per heavy atom. The molecular weight excluding hydrogens is 314 g/mol. The maximum absolute atomic E-state index is 6.09. The molecule has 2 aromatic heterocycles. The van der Waals surface area contributed by atoms with E-state index in [0.717, 1.165) is 42.0 Å². The molecule has 0 spiro atoms. The highest BCUT2D eigenvalue weighted by molar-refractivity contribution is 6.31. The van der Waals surface area contributed by atoms with E-state index in [1.54, 1.807) is 19.6 Å². The fraction of sp³-hybridized carbons (Fsp3) is 0.312. The van der Waals surface area contributed by atoms with E-state index in [9.17, 15) is 0 Å². The monoisotopic (exact) mass is 331 g/mol. The summed E-state index contributed by atoms with van der Waals surface area (Å²) in [7, 11) is 1.70.